The molecule has 0 saturated carbocycles. The van der Waals surface area contributed by atoms with Gasteiger partial charge in [0.25, 0.3) is 0 Å². The molecule has 1 aliphatic rings. The number of hydrogen-bond acceptors (Lipinski definition) is 3. The molecule has 0 aliphatic heterocycles. The Bertz CT molecular complexity index is 1010. The van der Waals surface area contributed by atoms with E-state index in [2.05, 4.69) is 56.6 Å². The lowest BCUT2D eigenvalue weighted by Gasteiger charge is -2.17. The Labute approximate surface area is 154 Å². The maximum atomic E-state index is 6.25. The van der Waals surface area contributed by atoms with E-state index in [1.807, 2.05) is 37.4 Å². The van der Waals surface area contributed by atoms with Crippen molar-refractivity contribution in [1.29, 1.82) is 0 Å². The molecule has 126 valence electrons. The fourth-order valence-electron chi connectivity index (χ4n) is 3.00. The summed E-state index contributed by atoms with van der Waals surface area (Å²) in [5.41, 5.74) is 1.79. The number of halogens is 1. The number of aromatic nitrogens is 3. The molecular weight excluding hydrogens is 378 g/mol. The van der Waals surface area contributed by atoms with Crippen molar-refractivity contribution in [3.05, 3.63) is 75.3 Å². The number of hydrogen-bond donors (Lipinski definition) is 0. The molecule has 0 radical (unpaired) electrons. The molecule has 1 aromatic heterocycles. The van der Waals surface area contributed by atoms with Gasteiger partial charge >= 0.3 is 0 Å². The van der Waals surface area contributed by atoms with Crippen molar-refractivity contribution >= 4 is 27.8 Å². The zero-order chi connectivity index (χ0) is 17.2. The summed E-state index contributed by atoms with van der Waals surface area (Å²) in [6, 6.07) is 16.3. The summed E-state index contributed by atoms with van der Waals surface area (Å²) in [6.45, 7) is 2.02. The van der Waals surface area contributed by atoms with Crippen molar-refractivity contribution in [3.8, 4) is 5.69 Å². The summed E-state index contributed by atoms with van der Waals surface area (Å²) in [5, 5.41) is 10.9. The smallest absolute Gasteiger partial charge is 0.141 e. The monoisotopic (exact) mass is 395 g/mol. The van der Waals surface area contributed by atoms with Gasteiger partial charge in [-0.05, 0) is 42.8 Å². The second kappa shape index (κ2) is 6.84. The number of ether oxygens (including phenoxy) is 1. The van der Waals surface area contributed by atoms with Crippen LogP contribution >= 0.6 is 15.9 Å². The quantitative estimate of drug-likeness (QED) is 0.678. The standard InChI is InChI=1S/C20H18BrN3O/c1-14(25-20-8-4-6-15-5-2-3-7-18(15)20)19-13-24(23-22-19)17-11-9-16(21)10-12-17/h2-3,5-7,9-14H,4,8H2,1H3. The fourth-order valence-corrected chi connectivity index (χ4v) is 3.27. The average Bonchev–Trinajstić information content (AvgIpc) is 3.13. The molecule has 0 amide bonds. The zero-order valence-electron chi connectivity index (χ0n) is 13.9. The Hall–Kier alpha value is -2.40. The van der Waals surface area contributed by atoms with E-state index in [9.17, 15) is 0 Å². The van der Waals surface area contributed by atoms with Crippen LogP contribution < -0.4 is 10.4 Å². The first-order chi connectivity index (χ1) is 12.2. The highest BCUT2D eigenvalue weighted by Crippen LogP contribution is 2.22. The predicted octanol–water partition coefficient (Wildman–Crippen LogP) is 3.49. The Morgan fingerprint density at radius 3 is 2.76 bits per heavy atom. The predicted molar refractivity (Wildman–Crippen MR) is 101 cm³/mol. The van der Waals surface area contributed by atoms with Gasteiger partial charge in [-0.25, -0.2) is 4.68 Å². The first kappa shape index (κ1) is 16.1. The second-order valence-corrected chi connectivity index (χ2v) is 6.99. The highest BCUT2D eigenvalue weighted by atomic mass is 79.9. The Kier molecular flexibility index (Phi) is 4.40. The van der Waals surface area contributed by atoms with E-state index in [4.69, 9.17) is 4.74 Å². The molecular formula is C20H18BrN3O. The largest absolute Gasteiger partial charge is 0.488 e. The number of fused-ring (bicyclic) bond motifs is 1. The normalized spacial score (nSPS) is 14.6. The van der Waals surface area contributed by atoms with Crippen LogP contribution in [-0.2, 0) is 4.74 Å². The third-order valence-corrected chi connectivity index (χ3v) is 4.86. The lowest BCUT2D eigenvalue weighted by molar-refractivity contribution is 0.172. The SMILES string of the molecule is CC(OC1=c2ccccc2=CCC1)c1cn(-c2ccc(Br)cc2)nn1. The first-order valence-corrected chi connectivity index (χ1v) is 9.13. The molecule has 0 saturated heterocycles. The third-order valence-electron chi connectivity index (χ3n) is 4.33. The van der Waals surface area contributed by atoms with Gasteiger partial charge < -0.3 is 4.74 Å². The minimum absolute atomic E-state index is 0.148. The third kappa shape index (κ3) is 3.37. The highest BCUT2D eigenvalue weighted by molar-refractivity contribution is 9.10. The van der Waals surface area contributed by atoms with Gasteiger partial charge in [0.2, 0.25) is 0 Å². The highest BCUT2D eigenvalue weighted by Gasteiger charge is 2.15. The van der Waals surface area contributed by atoms with Gasteiger partial charge in [-0.15, -0.1) is 5.10 Å². The minimum Gasteiger partial charge on any atom is -0.488 e. The van der Waals surface area contributed by atoms with Gasteiger partial charge in [-0.2, -0.15) is 0 Å². The lowest BCUT2D eigenvalue weighted by Crippen LogP contribution is -2.30. The van der Waals surface area contributed by atoms with Crippen molar-refractivity contribution in [1.82, 2.24) is 15.0 Å². The molecule has 0 spiro atoms. The topological polar surface area (TPSA) is 39.9 Å². The Balaban J connectivity index is 1.59. The van der Waals surface area contributed by atoms with Crippen LogP contribution in [0.25, 0.3) is 17.5 Å². The van der Waals surface area contributed by atoms with E-state index in [1.165, 1.54) is 10.4 Å². The van der Waals surface area contributed by atoms with Crippen LogP contribution in [0.2, 0.25) is 0 Å². The van der Waals surface area contributed by atoms with Crippen LogP contribution in [0.3, 0.4) is 0 Å². The van der Waals surface area contributed by atoms with E-state index in [0.717, 1.165) is 34.5 Å². The van der Waals surface area contributed by atoms with Gasteiger partial charge in [-0.3, -0.25) is 0 Å². The average molecular weight is 396 g/mol. The fraction of sp³-hybridized carbons (Fsp3) is 0.200. The van der Waals surface area contributed by atoms with Gasteiger partial charge in [0, 0.05) is 16.1 Å². The van der Waals surface area contributed by atoms with E-state index < -0.39 is 0 Å². The van der Waals surface area contributed by atoms with E-state index in [-0.39, 0.29) is 6.10 Å². The first-order valence-electron chi connectivity index (χ1n) is 8.34. The van der Waals surface area contributed by atoms with Crippen LogP contribution in [0.4, 0.5) is 0 Å². The Morgan fingerprint density at radius 2 is 1.92 bits per heavy atom. The van der Waals surface area contributed by atoms with Crippen molar-refractivity contribution in [2.24, 2.45) is 0 Å². The van der Waals surface area contributed by atoms with Gasteiger partial charge in [0.15, 0.2) is 0 Å². The van der Waals surface area contributed by atoms with Crippen LogP contribution in [-0.4, -0.2) is 15.0 Å². The summed E-state index contributed by atoms with van der Waals surface area (Å²) in [4.78, 5) is 0. The lowest BCUT2D eigenvalue weighted by atomic mass is 10.1. The molecule has 0 N–H and O–H groups in total. The summed E-state index contributed by atoms with van der Waals surface area (Å²) < 4.78 is 9.06. The number of benzene rings is 2. The second-order valence-electron chi connectivity index (χ2n) is 6.08. The van der Waals surface area contributed by atoms with Crippen molar-refractivity contribution in [2.75, 3.05) is 0 Å². The van der Waals surface area contributed by atoms with Crippen LogP contribution in [0.5, 0.6) is 0 Å². The molecule has 0 fully saturated rings. The van der Waals surface area contributed by atoms with Crippen molar-refractivity contribution in [3.63, 3.8) is 0 Å². The molecule has 0 bridgehead atoms. The van der Waals surface area contributed by atoms with Crippen LogP contribution in [0.15, 0.2) is 59.2 Å². The molecule has 3 aromatic rings. The molecule has 1 unspecified atom stereocenters. The molecule has 4 nitrogen and oxygen atoms in total. The number of nitrogens with zero attached hydrogens (tertiary/aromatic N) is 3. The van der Waals surface area contributed by atoms with E-state index >= 15 is 0 Å². The van der Waals surface area contributed by atoms with E-state index in [0.29, 0.717) is 0 Å². The minimum atomic E-state index is -0.148. The zero-order valence-corrected chi connectivity index (χ0v) is 15.5. The maximum absolute atomic E-state index is 6.25. The van der Waals surface area contributed by atoms with E-state index in [1.54, 1.807) is 4.68 Å². The molecule has 25 heavy (non-hydrogen) atoms. The molecule has 2 aromatic carbocycles. The summed E-state index contributed by atoms with van der Waals surface area (Å²) >= 11 is 3.44. The van der Waals surface area contributed by atoms with Crippen LogP contribution in [0.1, 0.15) is 31.6 Å². The molecule has 1 heterocycles. The van der Waals surface area contributed by atoms with Gasteiger partial charge in [0.1, 0.15) is 17.6 Å². The molecule has 1 aliphatic carbocycles. The van der Waals surface area contributed by atoms with Gasteiger partial charge in [0.05, 0.1) is 11.9 Å². The van der Waals surface area contributed by atoms with Gasteiger partial charge in [-0.1, -0.05) is 51.5 Å². The molecule has 1 atom stereocenters. The Morgan fingerprint density at radius 1 is 1.12 bits per heavy atom. The summed E-state index contributed by atoms with van der Waals surface area (Å²) in [5.74, 6) is 1.03. The molecule has 5 heteroatoms. The van der Waals surface area contributed by atoms with Crippen molar-refractivity contribution < 1.29 is 4.74 Å². The summed E-state index contributed by atoms with van der Waals surface area (Å²) in [6.07, 6.45) is 5.96. The van der Waals surface area contributed by atoms with Crippen LogP contribution in [0, 0.1) is 0 Å². The number of rotatable bonds is 4. The maximum Gasteiger partial charge on any atom is 0.141 e. The molecule has 4 rings (SSSR count). The summed E-state index contributed by atoms with van der Waals surface area (Å²) in [7, 11) is 0. The van der Waals surface area contributed by atoms with Crippen molar-refractivity contribution in [2.45, 2.75) is 25.9 Å².